The van der Waals surface area contributed by atoms with Crippen LogP contribution in [0.1, 0.15) is 11.4 Å². The number of thioether (sulfide) groups is 1. The summed E-state index contributed by atoms with van der Waals surface area (Å²) in [5, 5.41) is 16.9. The van der Waals surface area contributed by atoms with E-state index in [0.29, 0.717) is 11.2 Å². The number of aromatic nitrogens is 5. The van der Waals surface area contributed by atoms with Crippen molar-refractivity contribution >= 4 is 28.2 Å². The highest BCUT2D eigenvalue weighted by Gasteiger charge is 2.19. The number of benzene rings is 2. The van der Waals surface area contributed by atoms with E-state index in [1.165, 1.54) is 16.4 Å². The maximum absolute atomic E-state index is 12.7. The molecule has 5 rings (SSSR count). The van der Waals surface area contributed by atoms with Crippen LogP contribution in [0.4, 0.5) is 0 Å². The zero-order chi connectivity index (χ0) is 18.2. The molecule has 0 aliphatic carbocycles. The van der Waals surface area contributed by atoms with Crippen LogP contribution in [-0.4, -0.2) is 24.7 Å². The third kappa shape index (κ3) is 2.80. The molecule has 0 atom stereocenters. The van der Waals surface area contributed by atoms with Crippen molar-refractivity contribution in [1.82, 2.24) is 24.7 Å². The molecule has 132 valence electrons. The van der Waals surface area contributed by atoms with Gasteiger partial charge in [0, 0.05) is 10.8 Å². The van der Waals surface area contributed by atoms with Crippen molar-refractivity contribution in [2.75, 3.05) is 5.43 Å². The van der Waals surface area contributed by atoms with Crippen LogP contribution in [0.3, 0.4) is 0 Å². The Labute approximate surface area is 158 Å². The lowest BCUT2D eigenvalue weighted by atomic mass is 10.2. The van der Waals surface area contributed by atoms with Crippen LogP contribution in [0.5, 0.6) is 0 Å². The molecule has 7 nitrogen and oxygen atoms in total. The molecule has 1 N–H and O–H groups in total. The van der Waals surface area contributed by atoms with Crippen LogP contribution in [0.2, 0.25) is 0 Å². The molecule has 2 aromatic carbocycles. The van der Waals surface area contributed by atoms with Gasteiger partial charge in [-0.3, -0.25) is 10.2 Å². The third-order valence-corrected chi connectivity index (χ3v) is 5.18. The lowest BCUT2D eigenvalue weighted by Gasteiger charge is -2.19. The maximum atomic E-state index is 12.7. The van der Waals surface area contributed by atoms with E-state index >= 15 is 0 Å². The van der Waals surface area contributed by atoms with Gasteiger partial charge < -0.3 is 0 Å². The first-order chi connectivity index (χ1) is 13.3. The Morgan fingerprint density at radius 3 is 2.70 bits per heavy atom. The Morgan fingerprint density at radius 2 is 1.81 bits per heavy atom. The van der Waals surface area contributed by atoms with E-state index in [0.717, 1.165) is 21.8 Å². The number of nitrogens with one attached hydrogen (secondary N) is 1. The first-order valence-electron chi connectivity index (χ1n) is 8.38. The molecule has 0 bridgehead atoms. The van der Waals surface area contributed by atoms with Crippen LogP contribution in [0, 0.1) is 0 Å². The predicted molar refractivity (Wildman–Crippen MR) is 105 cm³/mol. The van der Waals surface area contributed by atoms with Gasteiger partial charge in [0.1, 0.15) is 6.54 Å². The molecule has 1 aliphatic rings. The van der Waals surface area contributed by atoms with Gasteiger partial charge >= 0.3 is 0 Å². The average Bonchev–Trinajstić information content (AvgIpc) is 3.13. The van der Waals surface area contributed by atoms with Crippen molar-refractivity contribution in [2.24, 2.45) is 0 Å². The van der Waals surface area contributed by atoms with Gasteiger partial charge in [-0.1, -0.05) is 60.3 Å². The number of hydrogen-bond acceptors (Lipinski definition) is 6. The number of fused-ring (bicyclic) bond motifs is 2. The summed E-state index contributed by atoms with van der Waals surface area (Å²) >= 11 is 1.49. The molecule has 0 amide bonds. The SMILES string of the molecule is O=c1c2ccccc2cnn1Cc1nnc2n1NC(c1ccccc1)=CS2. The molecule has 0 saturated heterocycles. The van der Waals surface area contributed by atoms with Gasteiger partial charge in [0.2, 0.25) is 5.16 Å². The van der Waals surface area contributed by atoms with Crippen molar-refractivity contribution in [3.05, 3.63) is 87.9 Å². The molecule has 0 unspecified atom stereocenters. The summed E-state index contributed by atoms with van der Waals surface area (Å²) < 4.78 is 3.21. The Kier molecular flexibility index (Phi) is 3.75. The summed E-state index contributed by atoms with van der Waals surface area (Å²) in [6, 6.07) is 17.4. The van der Waals surface area contributed by atoms with Crippen molar-refractivity contribution < 1.29 is 0 Å². The van der Waals surface area contributed by atoms with Crippen LogP contribution in [0.15, 0.2) is 76.2 Å². The first-order valence-corrected chi connectivity index (χ1v) is 9.26. The standard InChI is InChI=1S/C19H14N6OS/c26-18-15-9-5-4-8-14(15)10-20-24(18)11-17-21-22-19-25(17)23-16(12-27-19)13-6-2-1-3-7-13/h1-10,12,23H,11H2. The van der Waals surface area contributed by atoms with Gasteiger partial charge in [0.05, 0.1) is 17.3 Å². The zero-order valence-corrected chi connectivity index (χ0v) is 14.9. The number of nitrogens with zero attached hydrogens (tertiary/aromatic N) is 5. The zero-order valence-electron chi connectivity index (χ0n) is 14.1. The monoisotopic (exact) mass is 374 g/mol. The second kappa shape index (κ2) is 6.40. The Hall–Kier alpha value is -3.39. The summed E-state index contributed by atoms with van der Waals surface area (Å²) in [4.78, 5) is 12.7. The Morgan fingerprint density at radius 1 is 1.00 bits per heavy atom. The third-order valence-electron chi connectivity index (χ3n) is 4.35. The maximum Gasteiger partial charge on any atom is 0.275 e. The molecule has 8 heteroatoms. The van der Waals surface area contributed by atoms with Crippen molar-refractivity contribution in [3.8, 4) is 0 Å². The highest BCUT2D eigenvalue weighted by atomic mass is 32.2. The Balaban J connectivity index is 1.49. The van der Waals surface area contributed by atoms with E-state index in [1.807, 2.05) is 53.9 Å². The molecule has 2 aromatic heterocycles. The molecular formula is C19H14N6OS. The van der Waals surface area contributed by atoms with Gasteiger partial charge in [-0.2, -0.15) is 5.10 Å². The van der Waals surface area contributed by atoms with Crippen molar-refractivity contribution in [1.29, 1.82) is 0 Å². The normalized spacial score (nSPS) is 13.1. The van der Waals surface area contributed by atoms with Gasteiger partial charge in [0.15, 0.2) is 5.82 Å². The predicted octanol–water partition coefficient (Wildman–Crippen LogP) is 2.68. The number of hydrogen-bond donors (Lipinski definition) is 1. The van der Waals surface area contributed by atoms with E-state index in [2.05, 4.69) is 20.7 Å². The minimum absolute atomic E-state index is 0.146. The van der Waals surface area contributed by atoms with Gasteiger partial charge in [-0.15, -0.1) is 10.2 Å². The molecule has 3 heterocycles. The molecular weight excluding hydrogens is 360 g/mol. The lowest BCUT2D eigenvalue weighted by molar-refractivity contribution is 0.601. The minimum Gasteiger partial charge on any atom is -0.290 e. The van der Waals surface area contributed by atoms with Crippen LogP contribution in [-0.2, 0) is 6.54 Å². The largest absolute Gasteiger partial charge is 0.290 e. The second-order valence-corrected chi connectivity index (χ2v) is 6.89. The van der Waals surface area contributed by atoms with Gasteiger partial charge in [-0.05, 0) is 11.6 Å². The first kappa shape index (κ1) is 15.8. The van der Waals surface area contributed by atoms with Gasteiger partial charge in [0.25, 0.3) is 5.56 Å². The van der Waals surface area contributed by atoms with Crippen LogP contribution in [0.25, 0.3) is 16.5 Å². The topological polar surface area (TPSA) is 77.6 Å². The summed E-state index contributed by atoms with van der Waals surface area (Å²) in [5.74, 6) is 0.615. The quantitative estimate of drug-likeness (QED) is 0.594. The summed E-state index contributed by atoms with van der Waals surface area (Å²) in [7, 11) is 0. The minimum atomic E-state index is -0.146. The molecule has 27 heavy (non-hydrogen) atoms. The van der Waals surface area contributed by atoms with Crippen LogP contribution < -0.4 is 11.0 Å². The molecule has 0 saturated carbocycles. The van der Waals surface area contributed by atoms with E-state index in [-0.39, 0.29) is 12.1 Å². The van der Waals surface area contributed by atoms with E-state index < -0.39 is 0 Å². The molecule has 4 aromatic rings. The van der Waals surface area contributed by atoms with E-state index in [4.69, 9.17) is 0 Å². The fourth-order valence-corrected chi connectivity index (χ4v) is 3.73. The Bertz CT molecular complexity index is 1230. The van der Waals surface area contributed by atoms with Gasteiger partial charge in [-0.25, -0.2) is 9.36 Å². The second-order valence-electron chi connectivity index (χ2n) is 6.06. The smallest absolute Gasteiger partial charge is 0.275 e. The fourth-order valence-electron chi connectivity index (χ4n) is 2.97. The summed E-state index contributed by atoms with van der Waals surface area (Å²) in [6.45, 7) is 0.228. The fraction of sp³-hybridized carbons (Fsp3) is 0.0526. The molecule has 0 fully saturated rings. The van der Waals surface area contributed by atoms with E-state index in [9.17, 15) is 4.79 Å². The highest BCUT2D eigenvalue weighted by molar-refractivity contribution is 8.02. The van der Waals surface area contributed by atoms with Crippen molar-refractivity contribution in [3.63, 3.8) is 0 Å². The van der Waals surface area contributed by atoms with Crippen molar-refractivity contribution in [2.45, 2.75) is 11.7 Å². The molecule has 0 spiro atoms. The summed E-state index contributed by atoms with van der Waals surface area (Å²) in [5.41, 5.74) is 5.20. The van der Waals surface area contributed by atoms with E-state index in [1.54, 1.807) is 16.9 Å². The highest BCUT2D eigenvalue weighted by Crippen LogP contribution is 2.28. The molecule has 0 radical (unpaired) electrons. The molecule has 1 aliphatic heterocycles. The summed E-state index contributed by atoms with van der Waals surface area (Å²) in [6.07, 6.45) is 1.70. The average molecular weight is 374 g/mol. The lowest BCUT2D eigenvalue weighted by Crippen LogP contribution is -2.27. The number of rotatable bonds is 3. The van der Waals surface area contributed by atoms with Crippen LogP contribution >= 0.6 is 11.8 Å².